The van der Waals surface area contributed by atoms with Crippen LogP contribution in [0.1, 0.15) is 22.8 Å². The third-order valence-corrected chi connectivity index (χ3v) is 2.93. The van der Waals surface area contributed by atoms with Crippen molar-refractivity contribution in [3.05, 3.63) is 59.7 Å². The first-order chi connectivity index (χ1) is 11.1. The summed E-state index contributed by atoms with van der Waals surface area (Å²) in [5.74, 6) is -0.402. The summed E-state index contributed by atoms with van der Waals surface area (Å²) in [5.41, 5.74) is 2.06. The van der Waals surface area contributed by atoms with E-state index in [9.17, 15) is 9.59 Å². The molecule has 0 aromatic heterocycles. The molecule has 0 radical (unpaired) electrons. The summed E-state index contributed by atoms with van der Waals surface area (Å²) in [6.45, 7) is 2.05. The summed E-state index contributed by atoms with van der Waals surface area (Å²) in [5, 5.41) is 14.0. The van der Waals surface area contributed by atoms with Crippen LogP contribution >= 0.6 is 0 Å². The van der Waals surface area contributed by atoms with Crippen molar-refractivity contribution < 1.29 is 14.3 Å². The fraction of sp³-hybridized carbons (Fsp3) is 0.118. The van der Waals surface area contributed by atoms with Gasteiger partial charge < -0.3 is 15.4 Å². The highest BCUT2D eigenvalue weighted by molar-refractivity contribution is 6.00. The number of amides is 2. The summed E-state index contributed by atoms with van der Waals surface area (Å²) in [6.07, 6.45) is 0. The summed E-state index contributed by atoms with van der Waals surface area (Å²) >= 11 is 0. The van der Waals surface area contributed by atoms with Gasteiger partial charge in [0.15, 0.2) is 0 Å². The lowest BCUT2D eigenvalue weighted by molar-refractivity contribution is 0.0526. The SMILES string of the molecule is CCOC(=O)c1ccc(NC(=O)Nc2ccc(C#N)cc2)cc1. The number of hydrogen-bond acceptors (Lipinski definition) is 4. The topological polar surface area (TPSA) is 91.2 Å². The van der Waals surface area contributed by atoms with Crippen molar-refractivity contribution in [2.75, 3.05) is 17.2 Å². The van der Waals surface area contributed by atoms with Crippen LogP contribution in [0.4, 0.5) is 16.2 Å². The minimum atomic E-state index is -0.418. The van der Waals surface area contributed by atoms with E-state index in [4.69, 9.17) is 10.00 Å². The first kappa shape index (κ1) is 16.0. The van der Waals surface area contributed by atoms with Crippen molar-refractivity contribution in [1.29, 1.82) is 5.26 Å². The highest BCUT2D eigenvalue weighted by Crippen LogP contribution is 2.13. The van der Waals surface area contributed by atoms with Crippen LogP contribution in [0.2, 0.25) is 0 Å². The van der Waals surface area contributed by atoms with Crippen LogP contribution in [-0.2, 0) is 4.74 Å². The Morgan fingerprint density at radius 2 is 1.52 bits per heavy atom. The van der Waals surface area contributed by atoms with Gasteiger partial charge in [0.2, 0.25) is 0 Å². The largest absolute Gasteiger partial charge is 0.462 e. The maximum atomic E-state index is 11.9. The van der Waals surface area contributed by atoms with Gasteiger partial charge in [-0.25, -0.2) is 9.59 Å². The minimum absolute atomic E-state index is 0.311. The van der Waals surface area contributed by atoms with E-state index in [0.29, 0.717) is 29.1 Å². The summed E-state index contributed by atoms with van der Waals surface area (Å²) < 4.78 is 4.89. The standard InChI is InChI=1S/C17H15N3O3/c1-2-23-16(21)13-5-9-15(10-6-13)20-17(22)19-14-7-3-12(11-18)4-8-14/h3-10H,2H2,1H3,(H2,19,20,22). The molecule has 116 valence electrons. The van der Waals surface area contributed by atoms with Crippen molar-refractivity contribution >= 4 is 23.4 Å². The third-order valence-electron chi connectivity index (χ3n) is 2.93. The zero-order valence-electron chi connectivity index (χ0n) is 12.5. The average molecular weight is 309 g/mol. The monoisotopic (exact) mass is 309 g/mol. The Kier molecular flexibility index (Phi) is 5.31. The zero-order valence-corrected chi connectivity index (χ0v) is 12.5. The lowest BCUT2D eigenvalue weighted by Gasteiger charge is -2.08. The highest BCUT2D eigenvalue weighted by Gasteiger charge is 2.07. The molecular weight excluding hydrogens is 294 g/mol. The van der Waals surface area contributed by atoms with Gasteiger partial charge in [0, 0.05) is 11.4 Å². The molecule has 0 bridgehead atoms. The highest BCUT2D eigenvalue weighted by atomic mass is 16.5. The van der Waals surface area contributed by atoms with Gasteiger partial charge in [-0.3, -0.25) is 0 Å². The lowest BCUT2D eigenvalue weighted by atomic mass is 10.2. The van der Waals surface area contributed by atoms with E-state index in [-0.39, 0.29) is 0 Å². The fourth-order valence-electron chi connectivity index (χ4n) is 1.83. The van der Waals surface area contributed by atoms with E-state index in [1.165, 1.54) is 0 Å². The number of hydrogen-bond donors (Lipinski definition) is 2. The molecule has 0 aliphatic rings. The number of urea groups is 1. The zero-order chi connectivity index (χ0) is 16.7. The summed E-state index contributed by atoms with van der Waals surface area (Å²) in [7, 11) is 0. The van der Waals surface area contributed by atoms with Gasteiger partial charge in [-0.2, -0.15) is 5.26 Å². The Labute approximate surface area is 133 Å². The second-order valence-corrected chi connectivity index (χ2v) is 4.57. The first-order valence-electron chi connectivity index (χ1n) is 6.97. The lowest BCUT2D eigenvalue weighted by Crippen LogP contribution is -2.19. The number of esters is 1. The van der Waals surface area contributed by atoms with Gasteiger partial charge in [0.25, 0.3) is 0 Å². The number of carbonyl (C=O) groups is 2. The Morgan fingerprint density at radius 3 is 2.00 bits per heavy atom. The van der Waals surface area contributed by atoms with E-state index < -0.39 is 12.0 Å². The minimum Gasteiger partial charge on any atom is -0.462 e. The molecule has 2 N–H and O–H groups in total. The molecule has 6 nitrogen and oxygen atoms in total. The Morgan fingerprint density at radius 1 is 1.00 bits per heavy atom. The average Bonchev–Trinajstić information content (AvgIpc) is 2.56. The van der Waals surface area contributed by atoms with Crippen LogP contribution in [0.25, 0.3) is 0 Å². The number of anilines is 2. The van der Waals surface area contributed by atoms with E-state index in [1.807, 2.05) is 6.07 Å². The van der Waals surface area contributed by atoms with E-state index in [0.717, 1.165) is 0 Å². The van der Waals surface area contributed by atoms with Crippen molar-refractivity contribution in [2.24, 2.45) is 0 Å². The predicted molar refractivity (Wildman–Crippen MR) is 86.2 cm³/mol. The number of nitriles is 1. The van der Waals surface area contributed by atoms with Crippen molar-refractivity contribution in [2.45, 2.75) is 6.92 Å². The van der Waals surface area contributed by atoms with Crippen LogP contribution in [0, 0.1) is 11.3 Å². The molecule has 0 heterocycles. The third kappa shape index (κ3) is 4.58. The van der Waals surface area contributed by atoms with Gasteiger partial charge in [0.05, 0.1) is 23.8 Å². The number of benzene rings is 2. The first-order valence-corrected chi connectivity index (χ1v) is 6.97. The van der Waals surface area contributed by atoms with Crippen LogP contribution < -0.4 is 10.6 Å². The van der Waals surface area contributed by atoms with Crippen LogP contribution in [0.5, 0.6) is 0 Å². The van der Waals surface area contributed by atoms with Gasteiger partial charge >= 0.3 is 12.0 Å². The molecule has 2 aromatic rings. The number of nitrogens with zero attached hydrogens (tertiary/aromatic N) is 1. The van der Waals surface area contributed by atoms with Gasteiger partial charge in [-0.05, 0) is 55.5 Å². The molecule has 0 atom stereocenters. The van der Waals surface area contributed by atoms with Crippen molar-refractivity contribution in [3.63, 3.8) is 0 Å². The Hall–Kier alpha value is -3.33. The van der Waals surface area contributed by atoms with Crippen LogP contribution in [-0.4, -0.2) is 18.6 Å². The molecule has 0 aliphatic heterocycles. The maximum Gasteiger partial charge on any atom is 0.338 e. The second kappa shape index (κ2) is 7.61. The molecule has 2 aromatic carbocycles. The molecule has 0 spiro atoms. The molecule has 0 aliphatic carbocycles. The normalized spacial score (nSPS) is 9.57. The van der Waals surface area contributed by atoms with Crippen molar-refractivity contribution in [3.8, 4) is 6.07 Å². The predicted octanol–water partition coefficient (Wildman–Crippen LogP) is 3.38. The quantitative estimate of drug-likeness (QED) is 0.847. The van der Waals surface area contributed by atoms with E-state index in [2.05, 4.69) is 10.6 Å². The molecule has 0 saturated heterocycles. The maximum absolute atomic E-state index is 11.9. The summed E-state index contributed by atoms with van der Waals surface area (Å²) in [4.78, 5) is 23.4. The number of nitrogens with one attached hydrogen (secondary N) is 2. The van der Waals surface area contributed by atoms with Crippen LogP contribution in [0.15, 0.2) is 48.5 Å². The van der Waals surface area contributed by atoms with Gasteiger partial charge in [-0.1, -0.05) is 0 Å². The molecule has 6 heteroatoms. The molecule has 23 heavy (non-hydrogen) atoms. The van der Waals surface area contributed by atoms with Crippen LogP contribution in [0.3, 0.4) is 0 Å². The molecule has 2 amide bonds. The second-order valence-electron chi connectivity index (χ2n) is 4.57. The summed E-state index contributed by atoms with van der Waals surface area (Å²) in [6, 6.07) is 14.5. The molecule has 0 fully saturated rings. The van der Waals surface area contributed by atoms with E-state index >= 15 is 0 Å². The number of carbonyl (C=O) groups excluding carboxylic acids is 2. The molecular formula is C17H15N3O3. The molecule has 2 rings (SSSR count). The number of ether oxygens (including phenoxy) is 1. The Balaban J connectivity index is 1.94. The number of rotatable bonds is 4. The van der Waals surface area contributed by atoms with Gasteiger partial charge in [-0.15, -0.1) is 0 Å². The fourth-order valence-corrected chi connectivity index (χ4v) is 1.83. The Bertz CT molecular complexity index is 731. The van der Waals surface area contributed by atoms with Crippen molar-refractivity contribution in [1.82, 2.24) is 0 Å². The molecule has 0 unspecified atom stereocenters. The molecule has 0 saturated carbocycles. The smallest absolute Gasteiger partial charge is 0.338 e. The van der Waals surface area contributed by atoms with E-state index in [1.54, 1.807) is 55.5 Å². The van der Waals surface area contributed by atoms with Gasteiger partial charge in [0.1, 0.15) is 0 Å².